The van der Waals surface area contributed by atoms with Crippen LogP contribution in [0.2, 0.25) is 0 Å². The summed E-state index contributed by atoms with van der Waals surface area (Å²) in [6.45, 7) is 2.69. The molecule has 2 heterocycles. The minimum absolute atomic E-state index is 0.163. The molecule has 128 valence electrons. The molecule has 0 unspecified atom stereocenters. The van der Waals surface area contributed by atoms with Crippen LogP contribution in [0.3, 0.4) is 0 Å². The Morgan fingerprint density at radius 2 is 2.17 bits per heavy atom. The van der Waals surface area contributed by atoms with E-state index >= 15 is 0 Å². The van der Waals surface area contributed by atoms with Gasteiger partial charge in [0.2, 0.25) is 0 Å². The quantitative estimate of drug-likeness (QED) is 0.808. The lowest BCUT2D eigenvalue weighted by molar-refractivity contribution is 0.0944. The SMILES string of the molecule is C[C@@H](CNC(=O)c1sccc1NC(=O)c1ccoc1)N(C)C1CC1. The molecule has 0 saturated heterocycles. The van der Waals surface area contributed by atoms with Crippen molar-refractivity contribution < 1.29 is 14.0 Å². The summed E-state index contributed by atoms with van der Waals surface area (Å²) in [6.07, 6.45) is 5.29. The van der Waals surface area contributed by atoms with Gasteiger partial charge in [-0.2, -0.15) is 0 Å². The lowest BCUT2D eigenvalue weighted by Gasteiger charge is -2.24. The molecule has 0 bridgehead atoms. The highest BCUT2D eigenvalue weighted by Crippen LogP contribution is 2.27. The first-order chi connectivity index (χ1) is 11.6. The highest BCUT2D eigenvalue weighted by Gasteiger charge is 2.29. The Bertz CT molecular complexity index is 706. The third-order valence-electron chi connectivity index (χ3n) is 4.28. The molecule has 6 nitrogen and oxygen atoms in total. The number of amides is 2. The first kappa shape index (κ1) is 16.7. The Balaban J connectivity index is 1.57. The average molecular weight is 347 g/mol. The van der Waals surface area contributed by atoms with E-state index in [0.29, 0.717) is 28.7 Å². The minimum Gasteiger partial charge on any atom is -0.472 e. The van der Waals surface area contributed by atoms with Gasteiger partial charge in [-0.05, 0) is 44.3 Å². The Hall–Kier alpha value is -2.12. The molecular weight excluding hydrogens is 326 g/mol. The van der Waals surface area contributed by atoms with Crippen LogP contribution in [0.15, 0.2) is 34.5 Å². The number of thiophene rings is 1. The Morgan fingerprint density at radius 1 is 1.38 bits per heavy atom. The van der Waals surface area contributed by atoms with Crippen molar-refractivity contribution in [1.29, 1.82) is 0 Å². The lowest BCUT2D eigenvalue weighted by atomic mass is 10.2. The van der Waals surface area contributed by atoms with Crippen LogP contribution < -0.4 is 10.6 Å². The molecule has 7 heteroatoms. The van der Waals surface area contributed by atoms with Crippen LogP contribution in [-0.4, -0.2) is 42.4 Å². The largest absolute Gasteiger partial charge is 0.472 e. The second-order valence-electron chi connectivity index (χ2n) is 6.09. The van der Waals surface area contributed by atoms with Gasteiger partial charge in [-0.3, -0.25) is 14.5 Å². The number of nitrogens with one attached hydrogen (secondary N) is 2. The molecule has 0 aromatic carbocycles. The summed E-state index contributed by atoms with van der Waals surface area (Å²) >= 11 is 1.31. The fourth-order valence-corrected chi connectivity index (χ4v) is 3.24. The van der Waals surface area contributed by atoms with Crippen LogP contribution in [0.5, 0.6) is 0 Å². The minimum atomic E-state index is -0.293. The fraction of sp³-hybridized carbons (Fsp3) is 0.412. The van der Waals surface area contributed by atoms with E-state index in [-0.39, 0.29) is 17.9 Å². The molecular formula is C17H21N3O3S. The van der Waals surface area contributed by atoms with Crippen LogP contribution in [0, 0.1) is 0 Å². The van der Waals surface area contributed by atoms with Crippen molar-refractivity contribution >= 4 is 28.8 Å². The van der Waals surface area contributed by atoms with Gasteiger partial charge in [-0.15, -0.1) is 11.3 Å². The van der Waals surface area contributed by atoms with Gasteiger partial charge in [0.1, 0.15) is 11.1 Å². The van der Waals surface area contributed by atoms with Crippen LogP contribution in [0.1, 0.15) is 39.8 Å². The molecule has 1 aliphatic carbocycles. The summed E-state index contributed by atoms with van der Waals surface area (Å²) in [5, 5.41) is 7.50. The number of hydrogen-bond donors (Lipinski definition) is 2. The van der Waals surface area contributed by atoms with Gasteiger partial charge in [-0.25, -0.2) is 0 Å². The van der Waals surface area contributed by atoms with Gasteiger partial charge >= 0.3 is 0 Å². The summed E-state index contributed by atoms with van der Waals surface area (Å²) in [6, 6.07) is 4.25. The van der Waals surface area contributed by atoms with Gasteiger partial charge in [0.25, 0.3) is 11.8 Å². The zero-order chi connectivity index (χ0) is 17.1. The molecule has 0 radical (unpaired) electrons. The van der Waals surface area contributed by atoms with E-state index in [4.69, 9.17) is 4.42 Å². The molecule has 1 fully saturated rings. The number of furan rings is 1. The topological polar surface area (TPSA) is 74.6 Å². The number of likely N-dealkylation sites (N-methyl/N-ethyl adjacent to an activating group) is 1. The van der Waals surface area contributed by atoms with Crippen LogP contribution in [0.25, 0.3) is 0 Å². The molecule has 24 heavy (non-hydrogen) atoms. The second kappa shape index (κ2) is 7.19. The zero-order valence-electron chi connectivity index (χ0n) is 13.7. The van der Waals surface area contributed by atoms with Crippen LogP contribution in [0.4, 0.5) is 5.69 Å². The summed E-state index contributed by atoms with van der Waals surface area (Å²) in [4.78, 5) is 27.3. The van der Waals surface area contributed by atoms with E-state index in [9.17, 15) is 9.59 Å². The molecule has 0 spiro atoms. The number of carbonyl (C=O) groups excluding carboxylic acids is 2. The normalized spacial score (nSPS) is 15.3. The maximum absolute atomic E-state index is 12.4. The van der Waals surface area contributed by atoms with Gasteiger partial charge in [0, 0.05) is 18.6 Å². The van der Waals surface area contributed by atoms with Crippen LogP contribution in [-0.2, 0) is 0 Å². The predicted molar refractivity (Wildman–Crippen MR) is 93.6 cm³/mol. The van der Waals surface area contributed by atoms with Gasteiger partial charge in [0.05, 0.1) is 17.5 Å². The molecule has 1 atom stereocenters. The van der Waals surface area contributed by atoms with E-state index < -0.39 is 0 Å². The number of carbonyl (C=O) groups is 2. The number of anilines is 1. The summed E-state index contributed by atoms with van der Waals surface area (Å²) in [7, 11) is 2.09. The molecule has 2 amide bonds. The van der Waals surface area contributed by atoms with Crippen LogP contribution >= 0.6 is 11.3 Å². The number of hydrogen-bond acceptors (Lipinski definition) is 5. The van der Waals surface area contributed by atoms with E-state index in [0.717, 1.165) is 0 Å². The third-order valence-corrected chi connectivity index (χ3v) is 5.19. The standard InChI is InChI=1S/C17H21N3O3S/c1-11(20(2)13-3-4-13)9-18-17(22)15-14(6-8-24-15)19-16(21)12-5-7-23-10-12/h5-8,10-11,13H,3-4,9H2,1-2H3,(H,18,22)(H,19,21)/t11-/m0/s1. The van der Waals surface area contributed by atoms with Crippen molar-refractivity contribution in [2.45, 2.75) is 31.8 Å². The Morgan fingerprint density at radius 3 is 2.83 bits per heavy atom. The van der Waals surface area contributed by atoms with Crippen molar-refractivity contribution in [2.24, 2.45) is 0 Å². The lowest BCUT2D eigenvalue weighted by Crippen LogP contribution is -2.41. The van der Waals surface area contributed by atoms with Gasteiger partial charge in [0.15, 0.2) is 0 Å². The highest BCUT2D eigenvalue weighted by atomic mass is 32.1. The molecule has 1 aliphatic rings. The van der Waals surface area contributed by atoms with Crippen molar-refractivity contribution in [3.05, 3.63) is 40.5 Å². The number of nitrogens with zero attached hydrogens (tertiary/aromatic N) is 1. The zero-order valence-corrected chi connectivity index (χ0v) is 14.6. The summed E-state index contributed by atoms with van der Waals surface area (Å²) in [5.74, 6) is -0.457. The predicted octanol–water partition coefficient (Wildman–Crippen LogP) is 2.81. The van der Waals surface area contributed by atoms with Crippen molar-refractivity contribution in [3.63, 3.8) is 0 Å². The average Bonchev–Trinajstić information content (AvgIpc) is 3.08. The van der Waals surface area contributed by atoms with Gasteiger partial charge < -0.3 is 15.1 Å². The number of rotatable bonds is 7. The molecule has 0 aliphatic heterocycles. The fourth-order valence-electron chi connectivity index (χ4n) is 2.48. The summed E-state index contributed by atoms with van der Waals surface area (Å²) < 4.78 is 4.90. The summed E-state index contributed by atoms with van der Waals surface area (Å²) in [5.41, 5.74) is 0.944. The van der Waals surface area contributed by atoms with Crippen molar-refractivity contribution in [2.75, 3.05) is 18.9 Å². The molecule has 2 aromatic heterocycles. The molecule has 1 saturated carbocycles. The van der Waals surface area contributed by atoms with E-state index in [2.05, 4.69) is 29.5 Å². The van der Waals surface area contributed by atoms with Crippen molar-refractivity contribution in [1.82, 2.24) is 10.2 Å². The Kier molecular flexibility index (Phi) is 5.01. The molecule has 2 aromatic rings. The highest BCUT2D eigenvalue weighted by molar-refractivity contribution is 7.12. The molecule has 3 rings (SSSR count). The Labute approximate surface area is 144 Å². The van der Waals surface area contributed by atoms with Crippen molar-refractivity contribution in [3.8, 4) is 0 Å². The molecule has 2 N–H and O–H groups in total. The maximum atomic E-state index is 12.4. The monoisotopic (exact) mass is 347 g/mol. The van der Waals surface area contributed by atoms with E-state index in [1.165, 1.54) is 36.7 Å². The van der Waals surface area contributed by atoms with Gasteiger partial charge in [-0.1, -0.05) is 0 Å². The first-order valence-corrected chi connectivity index (χ1v) is 8.85. The maximum Gasteiger partial charge on any atom is 0.263 e. The van der Waals surface area contributed by atoms with E-state index in [1.54, 1.807) is 17.5 Å². The second-order valence-corrected chi connectivity index (χ2v) is 7.00. The van der Waals surface area contributed by atoms with E-state index in [1.807, 2.05) is 0 Å². The third kappa shape index (κ3) is 3.85. The smallest absolute Gasteiger partial charge is 0.263 e. The first-order valence-electron chi connectivity index (χ1n) is 7.97.